The molecule has 0 aliphatic carbocycles. The lowest BCUT2D eigenvalue weighted by Crippen LogP contribution is -2.41. The molecule has 7 nitrogen and oxygen atoms in total. The number of rotatable bonds is 4. The molecule has 3 heterocycles. The number of hydrogen-bond donors (Lipinski definition) is 0. The summed E-state index contributed by atoms with van der Waals surface area (Å²) in [6, 6.07) is 0. The zero-order chi connectivity index (χ0) is 17.1. The summed E-state index contributed by atoms with van der Waals surface area (Å²) < 4.78 is 5.16. The monoisotopic (exact) mass is 329 g/mol. The minimum atomic E-state index is -0.0436. The molecule has 0 N–H and O–H groups in total. The van der Waals surface area contributed by atoms with Gasteiger partial charge in [-0.2, -0.15) is 0 Å². The van der Waals surface area contributed by atoms with Crippen molar-refractivity contribution in [2.45, 2.75) is 26.2 Å². The third kappa shape index (κ3) is 3.39. The van der Waals surface area contributed by atoms with Crippen LogP contribution in [0.5, 0.6) is 0 Å². The molecule has 1 aliphatic rings. The summed E-state index contributed by atoms with van der Waals surface area (Å²) >= 11 is 0. The standard InChI is InChI=1S/C17H23N5O2/c1-12-15(20-11-24-12)17(23)22-8-4-5-13(10-22)9-14-16(21(2)3)19-7-6-18-14/h6-7,11,13H,4-5,8-10H2,1-3H3/t13-/m1/s1. The predicted molar refractivity (Wildman–Crippen MR) is 89.9 cm³/mol. The molecule has 1 atom stereocenters. The Morgan fingerprint density at radius 1 is 1.33 bits per heavy atom. The molecule has 3 rings (SSSR count). The Hall–Kier alpha value is -2.44. The highest BCUT2D eigenvalue weighted by molar-refractivity contribution is 5.93. The number of amides is 1. The first-order valence-electron chi connectivity index (χ1n) is 8.23. The van der Waals surface area contributed by atoms with E-state index in [1.807, 2.05) is 23.9 Å². The first kappa shape index (κ1) is 16.4. The molecular formula is C17H23N5O2. The van der Waals surface area contributed by atoms with Crippen molar-refractivity contribution in [3.63, 3.8) is 0 Å². The van der Waals surface area contributed by atoms with Crippen LogP contribution in [0.25, 0.3) is 0 Å². The quantitative estimate of drug-likeness (QED) is 0.853. The van der Waals surface area contributed by atoms with Crippen LogP contribution in [-0.4, -0.2) is 52.9 Å². The zero-order valence-electron chi connectivity index (χ0n) is 14.4. The van der Waals surface area contributed by atoms with Crippen LogP contribution in [-0.2, 0) is 6.42 Å². The normalized spacial score (nSPS) is 17.8. The maximum atomic E-state index is 12.6. The molecule has 0 spiro atoms. The fourth-order valence-electron chi connectivity index (χ4n) is 3.23. The third-order valence-electron chi connectivity index (χ3n) is 4.41. The zero-order valence-corrected chi connectivity index (χ0v) is 14.4. The molecule has 0 bridgehead atoms. The highest BCUT2D eigenvalue weighted by Gasteiger charge is 2.28. The molecule has 1 amide bonds. The van der Waals surface area contributed by atoms with Gasteiger partial charge in [-0.15, -0.1) is 0 Å². The van der Waals surface area contributed by atoms with Gasteiger partial charge in [-0.25, -0.2) is 9.97 Å². The fourth-order valence-corrected chi connectivity index (χ4v) is 3.23. The van der Waals surface area contributed by atoms with Crippen molar-refractivity contribution in [1.82, 2.24) is 19.9 Å². The predicted octanol–water partition coefficient (Wildman–Crippen LogP) is 1.93. The van der Waals surface area contributed by atoms with E-state index in [4.69, 9.17) is 4.42 Å². The molecule has 0 radical (unpaired) electrons. The SMILES string of the molecule is Cc1ocnc1C(=O)N1CCC[C@H](Cc2nccnc2N(C)C)C1. The van der Waals surface area contributed by atoms with Gasteiger partial charge in [-0.3, -0.25) is 9.78 Å². The van der Waals surface area contributed by atoms with Gasteiger partial charge in [-0.1, -0.05) is 0 Å². The van der Waals surface area contributed by atoms with Crippen LogP contribution in [0.2, 0.25) is 0 Å². The molecule has 1 fully saturated rings. The van der Waals surface area contributed by atoms with Gasteiger partial charge in [0, 0.05) is 39.6 Å². The van der Waals surface area contributed by atoms with E-state index in [0.717, 1.165) is 37.3 Å². The summed E-state index contributed by atoms with van der Waals surface area (Å²) in [4.78, 5) is 29.4. The topological polar surface area (TPSA) is 75.4 Å². The Labute approximate surface area is 141 Å². The third-order valence-corrected chi connectivity index (χ3v) is 4.41. The van der Waals surface area contributed by atoms with E-state index in [0.29, 0.717) is 23.9 Å². The first-order valence-corrected chi connectivity index (χ1v) is 8.23. The molecule has 128 valence electrons. The number of aromatic nitrogens is 3. The summed E-state index contributed by atoms with van der Waals surface area (Å²) in [5.74, 6) is 1.81. The molecule has 0 unspecified atom stereocenters. The molecular weight excluding hydrogens is 306 g/mol. The van der Waals surface area contributed by atoms with Gasteiger partial charge in [0.2, 0.25) is 0 Å². The van der Waals surface area contributed by atoms with Crippen molar-refractivity contribution in [2.24, 2.45) is 5.92 Å². The summed E-state index contributed by atoms with van der Waals surface area (Å²) in [5.41, 5.74) is 1.41. The Morgan fingerprint density at radius 3 is 2.83 bits per heavy atom. The summed E-state index contributed by atoms with van der Waals surface area (Å²) in [7, 11) is 3.94. The average molecular weight is 329 g/mol. The number of anilines is 1. The number of piperidine rings is 1. The highest BCUT2D eigenvalue weighted by atomic mass is 16.3. The molecule has 2 aromatic heterocycles. The fraction of sp³-hybridized carbons (Fsp3) is 0.529. The van der Waals surface area contributed by atoms with Crippen molar-refractivity contribution < 1.29 is 9.21 Å². The van der Waals surface area contributed by atoms with E-state index < -0.39 is 0 Å². The van der Waals surface area contributed by atoms with Crippen molar-refractivity contribution in [2.75, 3.05) is 32.1 Å². The second kappa shape index (κ2) is 6.98. The lowest BCUT2D eigenvalue weighted by molar-refractivity contribution is 0.0666. The molecule has 7 heteroatoms. The van der Waals surface area contributed by atoms with Crippen LogP contribution in [0.15, 0.2) is 23.2 Å². The Bertz CT molecular complexity index is 713. The number of hydrogen-bond acceptors (Lipinski definition) is 6. The Balaban J connectivity index is 1.70. The van der Waals surface area contributed by atoms with Gasteiger partial charge in [0.1, 0.15) is 11.6 Å². The second-order valence-corrected chi connectivity index (χ2v) is 6.44. The van der Waals surface area contributed by atoms with E-state index in [1.165, 1.54) is 6.39 Å². The minimum absolute atomic E-state index is 0.0436. The van der Waals surface area contributed by atoms with E-state index >= 15 is 0 Å². The van der Waals surface area contributed by atoms with E-state index in [-0.39, 0.29) is 5.91 Å². The highest BCUT2D eigenvalue weighted by Crippen LogP contribution is 2.24. The summed E-state index contributed by atoms with van der Waals surface area (Å²) in [6.45, 7) is 3.25. The van der Waals surface area contributed by atoms with Crippen molar-refractivity contribution in [3.8, 4) is 0 Å². The van der Waals surface area contributed by atoms with E-state index in [9.17, 15) is 4.79 Å². The summed E-state index contributed by atoms with van der Waals surface area (Å²) in [5, 5.41) is 0. The molecule has 24 heavy (non-hydrogen) atoms. The maximum absolute atomic E-state index is 12.6. The number of oxazole rings is 1. The van der Waals surface area contributed by atoms with Crippen LogP contribution in [0.4, 0.5) is 5.82 Å². The lowest BCUT2D eigenvalue weighted by Gasteiger charge is -2.32. The maximum Gasteiger partial charge on any atom is 0.276 e. The van der Waals surface area contributed by atoms with Gasteiger partial charge >= 0.3 is 0 Å². The average Bonchev–Trinajstić information content (AvgIpc) is 3.01. The van der Waals surface area contributed by atoms with Crippen molar-refractivity contribution >= 4 is 11.7 Å². The van der Waals surface area contributed by atoms with Gasteiger partial charge in [0.25, 0.3) is 5.91 Å². The summed E-state index contributed by atoms with van der Waals surface area (Å²) in [6.07, 6.45) is 7.67. The van der Waals surface area contributed by atoms with Gasteiger partial charge < -0.3 is 14.2 Å². The van der Waals surface area contributed by atoms with E-state index in [2.05, 4.69) is 15.0 Å². The molecule has 1 saturated heterocycles. The Morgan fingerprint density at radius 2 is 2.12 bits per heavy atom. The number of likely N-dealkylation sites (tertiary alicyclic amines) is 1. The van der Waals surface area contributed by atoms with Crippen molar-refractivity contribution in [3.05, 3.63) is 35.9 Å². The lowest BCUT2D eigenvalue weighted by atomic mass is 9.93. The number of nitrogens with zero attached hydrogens (tertiary/aromatic N) is 5. The smallest absolute Gasteiger partial charge is 0.276 e. The number of aryl methyl sites for hydroxylation is 1. The second-order valence-electron chi connectivity index (χ2n) is 6.44. The largest absolute Gasteiger partial charge is 0.448 e. The van der Waals surface area contributed by atoms with Gasteiger partial charge in [-0.05, 0) is 32.1 Å². The minimum Gasteiger partial charge on any atom is -0.448 e. The van der Waals surface area contributed by atoms with Crippen LogP contribution in [0.1, 0.15) is 34.8 Å². The van der Waals surface area contributed by atoms with E-state index in [1.54, 1.807) is 19.3 Å². The van der Waals surface area contributed by atoms with Crippen LogP contribution in [0.3, 0.4) is 0 Å². The van der Waals surface area contributed by atoms with Crippen molar-refractivity contribution in [1.29, 1.82) is 0 Å². The van der Waals surface area contributed by atoms with Crippen LogP contribution in [0, 0.1) is 12.8 Å². The molecule has 0 aromatic carbocycles. The first-order chi connectivity index (χ1) is 11.6. The Kier molecular flexibility index (Phi) is 4.78. The van der Waals surface area contributed by atoms with Gasteiger partial charge in [0.15, 0.2) is 12.1 Å². The number of carbonyl (C=O) groups is 1. The molecule has 1 aliphatic heterocycles. The molecule has 2 aromatic rings. The van der Waals surface area contributed by atoms with Crippen LogP contribution >= 0.6 is 0 Å². The number of carbonyl (C=O) groups excluding carboxylic acids is 1. The molecule has 0 saturated carbocycles. The van der Waals surface area contributed by atoms with Crippen LogP contribution < -0.4 is 4.90 Å². The van der Waals surface area contributed by atoms with Gasteiger partial charge in [0.05, 0.1) is 5.69 Å².